The fraction of sp³-hybridized carbons (Fsp3) is 0.929. The third kappa shape index (κ3) is 9.42. The molecule has 0 saturated heterocycles. The van der Waals surface area contributed by atoms with Crippen molar-refractivity contribution < 1.29 is 9.53 Å². The van der Waals surface area contributed by atoms with Crippen LogP contribution in [-0.4, -0.2) is 50.7 Å². The molecule has 0 rings (SSSR count). The second-order valence-electron chi connectivity index (χ2n) is 4.87. The number of carbonyl (C=O) groups is 1. The molecule has 0 radical (unpaired) electrons. The van der Waals surface area contributed by atoms with Gasteiger partial charge in [-0.2, -0.15) is 0 Å². The van der Waals surface area contributed by atoms with Crippen molar-refractivity contribution in [3.63, 3.8) is 0 Å². The highest BCUT2D eigenvalue weighted by molar-refractivity contribution is 5.78. The summed E-state index contributed by atoms with van der Waals surface area (Å²) in [5.74, 6) is 0.302. The highest BCUT2D eigenvalue weighted by atomic mass is 16.5. The second kappa shape index (κ2) is 11.5. The van der Waals surface area contributed by atoms with Crippen molar-refractivity contribution in [2.45, 2.75) is 40.0 Å². The lowest BCUT2D eigenvalue weighted by atomic mass is 10.1. The first-order valence-electron chi connectivity index (χ1n) is 7.15. The molecule has 4 heteroatoms. The zero-order chi connectivity index (χ0) is 13.8. The molecule has 1 N–H and O–H groups in total. The van der Waals surface area contributed by atoms with E-state index in [-0.39, 0.29) is 11.8 Å². The molecule has 0 fully saturated rings. The lowest BCUT2D eigenvalue weighted by Gasteiger charge is -2.17. The van der Waals surface area contributed by atoms with Crippen molar-refractivity contribution in [3.05, 3.63) is 0 Å². The van der Waals surface area contributed by atoms with Crippen LogP contribution in [0.5, 0.6) is 0 Å². The Bertz CT molecular complexity index is 210. The summed E-state index contributed by atoms with van der Waals surface area (Å²) in [5.41, 5.74) is 0. The molecular formula is C14H30N2O2. The van der Waals surface area contributed by atoms with Gasteiger partial charge in [0.1, 0.15) is 0 Å². The number of hydrogen-bond acceptors (Lipinski definition) is 3. The van der Waals surface area contributed by atoms with Gasteiger partial charge in [-0.15, -0.1) is 0 Å². The molecule has 0 heterocycles. The van der Waals surface area contributed by atoms with E-state index in [2.05, 4.69) is 24.2 Å². The number of amides is 1. The third-order valence-corrected chi connectivity index (χ3v) is 3.04. The van der Waals surface area contributed by atoms with Gasteiger partial charge < -0.3 is 15.0 Å². The van der Waals surface area contributed by atoms with Crippen LogP contribution in [0.4, 0.5) is 0 Å². The van der Waals surface area contributed by atoms with Gasteiger partial charge in [0.25, 0.3) is 0 Å². The van der Waals surface area contributed by atoms with Crippen LogP contribution in [0.25, 0.3) is 0 Å². The number of hydrogen-bond donors (Lipinski definition) is 1. The lowest BCUT2D eigenvalue weighted by molar-refractivity contribution is -0.124. The Morgan fingerprint density at radius 2 is 2.00 bits per heavy atom. The van der Waals surface area contributed by atoms with Crippen LogP contribution in [0.2, 0.25) is 0 Å². The fourth-order valence-corrected chi connectivity index (χ4v) is 1.50. The Hall–Kier alpha value is -0.610. The predicted octanol–water partition coefficient (Wildman–Crippen LogP) is 1.90. The molecule has 0 aromatic heterocycles. The number of likely N-dealkylation sites (N-methyl/N-ethyl adjacent to an activating group) is 1. The van der Waals surface area contributed by atoms with Gasteiger partial charge in [0.15, 0.2) is 0 Å². The molecule has 1 amide bonds. The van der Waals surface area contributed by atoms with Crippen LogP contribution < -0.4 is 5.32 Å². The Kier molecular flexibility index (Phi) is 11.1. The summed E-state index contributed by atoms with van der Waals surface area (Å²) in [6.45, 7) is 10.5. The zero-order valence-corrected chi connectivity index (χ0v) is 12.5. The van der Waals surface area contributed by atoms with E-state index < -0.39 is 0 Å². The minimum absolute atomic E-state index is 0.130. The quantitative estimate of drug-likeness (QED) is 0.576. The van der Waals surface area contributed by atoms with Crippen LogP contribution in [0.1, 0.15) is 40.0 Å². The zero-order valence-electron chi connectivity index (χ0n) is 12.5. The minimum Gasteiger partial charge on any atom is -0.380 e. The molecule has 0 saturated carbocycles. The van der Waals surface area contributed by atoms with Gasteiger partial charge in [0, 0.05) is 25.6 Å². The molecule has 108 valence electrons. The maximum atomic E-state index is 11.5. The smallest absolute Gasteiger partial charge is 0.222 e. The first-order valence-corrected chi connectivity index (χ1v) is 7.15. The molecule has 18 heavy (non-hydrogen) atoms. The SMILES string of the molecule is CCCOCCN(C)CCCNC(=O)C(C)CC. The highest BCUT2D eigenvalue weighted by Crippen LogP contribution is 1.99. The molecule has 0 aromatic carbocycles. The standard InChI is InChI=1S/C14H30N2O2/c1-5-11-18-12-10-16(4)9-7-8-15-14(17)13(3)6-2/h13H,5-12H2,1-4H3,(H,15,17). The number of ether oxygens (including phenoxy) is 1. The first kappa shape index (κ1) is 17.4. The minimum atomic E-state index is 0.130. The Morgan fingerprint density at radius 1 is 1.28 bits per heavy atom. The van der Waals surface area contributed by atoms with Gasteiger partial charge in [-0.3, -0.25) is 4.79 Å². The summed E-state index contributed by atoms with van der Waals surface area (Å²) in [7, 11) is 2.09. The summed E-state index contributed by atoms with van der Waals surface area (Å²) in [6.07, 6.45) is 2.97. The average Bonchev–Trinajstić information content (AvgIpc) is 2.38. The van der Waals surface area contributed by atoms with Crippen molar-refractivity contribution in [3.8, 4) is 0 Å². The maximum absolute atomic E-state index is 11.5. The van der Waals surface area contributed by atoms with Crippen LogP contribution in [-0.2, 0) is 9.53 Å². The van der Waals surface area contributed by atoms with E-state index >= 15 is 0 Å². The van der Waals surface area contributed by atoms with E-state index in [0.29, 0.717) is 0 Å². The molecule has 0 aliphatic rings. The van der Waals surface area contributed by atoms with Gasteiger partial charge in [-0.05, 0) is 32.9 Å². The van der Waals surface area contributed by atoms with Gasteiger partial charge in [-0.1, -0.05) is 20.8 Å². The van der Waals surface area contributed by atoms with Crippen molar-refractivity contribution >= 4 is 5.91 Å². The third-order valence-electron chi connectivity index (χ3n) is 3.04. The molecule has 0 aliphatic heterocycles. The summed E-state index contributed by atoms with van der Waals surface area (Å²) >= 11 is 0. The average molecular weight is 258 g/mol. The number of carbonyl (C=O) groups excluding carboxylic acids is 1. The largest absolute Gasteiger partial charge is 0.380 e. The fourth-order valence-electron chi connectivity index (χ4n) is 1.50. The Balaban J connectivity index is 3.39. The van der Waals surface area contributed by atoms with Gasteiger partial charge in [0.05, 0.1) is 6.61 Å². The van der Waals surface area contributed by atoms with Crippen molar-refractivity contribution in [1.82, 2.24) is 10.2 Å². The van der Waals surface area contributed by atoms with Crippen molar-refractivity contribution in [2.75, 3.05) is 39.9 Å². The normalized spacial score (nSPS) is 12.7. The lowest BCUT2D eigenvalue weighted by Crippen LogP contribution is -2.32. The van der Waals surface area contributed by atoms with Crippen LogP contribution in [0, 0.1) is 5.92 Å². The van der Waals surface area contributed by atoms with Crippen molar-refractivity contribution in [2.24, 2.45) is 5.92 Å². The van der Waals surface area contributed by atoms with E-state index in [1.165, 1.54) is 0 Å². The van der Waals surface area contributed by atoms with Crippen LogP contribution in [0.15, 0.2) is 0 Å². The molecule has 1 atom stereocenters. The summed E-state index contributed by atoms with van der Waals surface area (Å²) in [5, 5.41) is 2.97. The monoisotopic (exact) mass is 258 g/mol. The van der Waals surface area contributed by atoms with E-state index in [0.717, 1.165) is 52.1 Å². The van der Waals surface area contributed by atoms with E-state index in [9.17, 15) is 4.79 Å². The predicted molar refractivity (Wildman–Crippen MR) is 75.7 cm³/mol. The summed E-state index contributed by atoms with van der Waals surface area (Å²) in [4.78, 5) is 13.8. The molecule has 0 spiro atoms. The Morgan fingerprint density at radius 3 is 2.61 bits per heavy atom. The number of nitrogens with one attached hydrogen (secondary N) is 1. The van der Waals surface area contributed by atoms with Crippen LogP contribution >= 0.6 is 0 Å². The molecule has 1 unspecified atom stereocenters. The second-order valence-corrected chi connectivity index (χ2v) is 4.87. The summed E-state index contributed by atoms with van der Waals surface area (Å²) < 4.78 is 5.43. The summed E-state index contributed by atoms with van der Waals surface area (Å²) in [6, 6.07) is 0. The van der Waals surface area contributed by atoms with E-state index in [1.807, 2.05) is 13.8 Å². The molecular weight excluding hydrogens is 228 g/mol. The first-order chi connectivity index (χ1) is 8.61. The molecule has 0 aromatic rings. The topological polar surface area (TPSA) is 41.6 Å². The van der Waals surface area contributed by atoms with Gasteiger partial charge in [-0.25, -0.2) is 0 Å². The Labute approximate surface area is 112 Å². The number of nitrogens with zero attached hydrogens (tertiary/aromatic N) is 1. The molecule has 0 bridgehead atoms. The number of rotatable bonds is 11. The van der Waals surface area contributed by atoms with Crippen LogP contribution in [0.3, 0.4) is 0 Å². The highest BCUT2D eigenvalue weighted by Gasteiger charge is 2.08. The molecule has 0 aliphatic carbocycles. The maximum Gasteiger partial charge on any atom is 0.222 e. The van der Waals surface area contributed by atoms with Crippen molar-refractivity contribution in [1.29, 1.82) is 0 Å². The van der Waals surface area contributed by atoms with Gasteiger partial charge in [0.2, 0.25) is 5.91 Å². The van der Waals surface area contributed by atoms with E-state index in [1.54, 1.807) is 0 Å². The van der Waals surface area contributed by atoms with Gasteiger partial charge >= 0.3 is 0 Å². The van der Waals surface area contributed by atoms with E-state index in [4.69, 9.17) is 4.74 Å². The molecule has 4 nitrogen and oxygen atoms in total.